The van der Waals surface area contributed by atoms with Crippen molar-refractivity contribution in [1.29, 1.82) is 5.26 Å². The number of carbonyl (C=O) groups is 1. The van der Waals surface area contributed by atoms with Crippen LogP contribution >= 0.6 is 0 Å². The molecule has 116 valence electrons. The number of hydrogen-bond donors (Lipinski definition) is 1. The van der Waals surface area contributed by atoms with Gasteiger partial charge in [0, 0.05) is 24.7 Å². The Morgan fingerprint density at radius 3 is 2.82 bits per heavy atom. The van der Waals surface area contributed by atoms with E-state index >= 15 is 0 Å². The van der Waals surface area contributed by atoms with Gasteiger partial charge in [-0.2, -0.15) is 5.26 Å². The maximum atomic E-state index is 13.8. The van der Waals surface area contributed by atoms with Crippen LogP contribution in [0, 0.1) is 23.1 Å². The Morgan fingerprint density at radius 2 is 2.18 bits per heavy atom. The molecule has 3 rings (SSSR count). The van der Waals surface area contributed by atoms with E-state index in [1.54, 1.807) is 12.1 Å². The van der Waals surface area contributed by atoms with Crippen molar-refractivity contribution in [3.05, 3.63) is 35.1 Å². The number of nitrogens with zero attached hydrogens (tertiary/aromatic N) is 2. The van der Waals surface area contributed by atoms with E-state index < -0.39 is 5.82 Å². The second-order valence-corrected chi connectivity index (χ2v) is 6.17. The summed E-state index contributed by atoms with van der Waals surface area (Å²) in [6, 6.07) is 6.49. The van der Waals surface area contributed by atoms with Crippen LogP contribution in [-0.2, 0) is 6.54 Å². The SMILES string of the molecule is N#Cc1ccc(CNC(=O)N2CCC[C@H]2C2CCC2)c(F)c1. The highest BCUT2D eigenvalue weighted by Gasteiger charge is 2.37. The second kappa shape index (κ2) is 6.35. The third-order valence-corrected chi connectivity index (χ3v) is 4.87. The topological polar surface area (TPSA) is 56.1 Å². The van der Waals surface area contributed by atoms with Crippen LogP contribution in [0.2, 0.25) is 0 Å². The zero-order chi connectivity index (χ0) is 15.5. The van der Waals surface area contributed by atoms with Crippen molar-refractivity contribution in [3.8, 4) is 6.07 Å². The van der Waals surface area contributed by atoms with Crippen molar-refractivity contribution in [1.82, 2.24) is 10.2 Å². The summed E-state index contributed by atoms with van der Waals surface area (Å²) in [5.41, 5.74) is 0.698. The molecular formula is C17H20FN3O. The van der Waals surface area contributed by atoms with Gasteiger partial charge in [-0.1, -0.05) is 12.5 Å². The zero-order valence-corrected chi connectivity index (χ0v) is 12.5. The molecule has 22 heavy (non-hydrogen) atoms. The van der Waals surface area contributed by atoms with E-state index in [-0.39, 0.29) is 18.1 Å². The van der Waals surface area contributed by atoms with Crippen LogP contribution in [0.4, 0.5) is 9.18 Å². The molecule has 0 spiro atoms. The van der Waals surface area contributed by atoms with Crippen molar-refractivity contribution < 1.29 is 9.18 Å². The highest BCUT2D eigenvalue weighted by atomic mass is 19.1. The summed E-state index contributed by atoms with van der Waals surface area (Å²) < 4.78 is 13.8. The molecule has 0 unspecified atom stereocenters. The average Bonchev–Trinajstić information content (AvgIpc) is 2.92. The summed E-state index contributed by atoms with van der Waals surface area (Å²) in [7, 11) is 0. The lowest BCUT2D eigenvalue weighted by atomic mass is 9.79. The number of carbonyl (C=O) groups excluding carboxylic acids is 1. The van der Waals surface area contributed by atoms with Crippen molar-refractivity contribution in [2.24, 2.45) is 5.92 Å². The molecule has 1 aromatic carbocycles. The zero-order valence-electron chi connectivity index (χ0n) is 12.5. The van der Waals surface area contributed by atoms with E-state index in [2.05, 4.69) is 5.32 Å². The first-order chi connectivity index (χ1) is 10.7. The molecule has 0 aromatic heterocycles. The lowest BCUT2D eigenvalue weighted by Crippen LogP contribution is -2.46. The number of urea groups is 1. The Hall–Kier alpha value is -2.09. The fourth-order valence-corrected chi connectivity index (χ4v) is 3.39. The van der Waals surface area contributed by atoms with Crippen LogP contribution < -0.4 is 5.32 Å². The standard InChI is InChI=1S/C17H20FN3O/c18-15-9-12(10-19)6-7-14(15)11-20-17(22)21-8-2-5-16(21)13-3-1-4-13/h6-7,9,13,16H,1-5,8,11H2,(H,20,22)/t16-/m0/s1. The summed E-state index contributed by atoms with van der Waals surface area (Å²) in [5.74, 6) is 0.205. The minimum Gasteiger partial charge on any atom is -0.334 e. The Bertz CT molecular complexity index is 606. The number of nitriles is 1. The molecule has 5 heteroatoms. The molecule has 1 aliphatic carbocycles. The molecule has 2 aliphatic rings. The van der Waals surface area contributed by atoms with E-state index in [1.165, 1.54) is 25.3 Å². The molecule has 1 saturated carbocycles. The summed E-state index contributed by atoms with van der Waals surface area (Å²) in [4.78, 5) is 14.3. The Labute approximate surface area is 129 Å². The van der Waals surface area contributed by atoms with Gasteiger partial charge in [0.2, 0.25) is 0 Å². The van der Waals surface area contributed by atoms with Gasteiger partial charge in [0.05, 0.1) is 11.6 Å². The molecule has 1 atom stereocenters. The van der Waals surface area contributed by atoms with Gasteiger partial charge >= 0.3 is 6.03 Å². The lowest BCUT2D eigenvalue weighted by Gasteiger charge is -2.37. The largest absolute Gasteiger partial charge is 0.334 e. The maximum Gasteiger partial charge on any atom is 0.317 e. The molecule has 1 saturated heterocycles. The molecule has 0 radical (unpaired) electrons. The predicted octanol–water partition coefficient (Wildman–Crippen LogP) is 3.17. The minimum atomic E-state index is -0.448. The van der Waals surface area contributed by atoms with E-state index in [4.69, 9.17) is 5.26 Å². The number of likely N-dealkylation sites (tertiary alicyclic amines) is 1. The van der Waals surface area contributed by atoms with Gasteiger partial charge in [-0.05, 0) is 43.7 Å². The van der Waals surface area contributed by atoms with Crippen molar-refractivity contribution >= 4 is 6.03 Å². The third kappa shape index (κ3) is 2.92. The summed E-state index contributed by atoms with van der Waals surface area (Å²) >= 11 is 0. The summed E-state index contributed by atoms with van der Waals surface area (Å²) in [6.45, 7) is 0.952. The first-order valence-electron chi connectivity index (χ1n) is 7.92. The summed E-state index contributed by atoms with van der Waals surface area (Å²) in [5, 5.41) is 11.5. The van der Waals surface area contributed by atoms with Gasteiger partial charge in [-0.15, -0.1) is 0 Å². The highest BCUT2D eigenvalue weighted by Crippen LogP contribution is 2.37. The van der Waals surface area contributed by atoms with Gasteiger partial charge in [-0.3, -0.25) is 0 Å². The number of rotatable bonds is 3. The molecule has 1 heterocycles. The van der Waals surface area contributed by atoms with Gasteiger partial charge in [0.1, 0.15) is 5.82 Å². The second-order valence-electron chi connectivity index (χ2n) is 6.17. The number of nitrogens with one attached hydrogen (secondary N) is 1. The molecule has 4 nitrogen and oxygen atoms in total. The van der Waals surface area contributed by atoms with Crippen LogP contribution in [0.15, 0.2) is 18.2 Å². The molecule has 2 fully saturated rings. The first kappa shape index (κ1) is 14.8. The van der Waals surface area contributed by atoms with Gasteiger partial charge < -0.3 is 10.2 Å². The Morgan fingerprint density at radius 1 is 1.36 bits per heavy atom. The van der Waals surface area contributed by atoms with E-state index in [0.29, 0.717) is 17.5 Å². The van der Waals surface area contributed by atoms with E-state index in [0.717, 1.165) is 19.4 Å². The normalized spacial score (nSPS) is 21.3. The van der Waals surface area contributed by atoms with Crippen LogP contribution in [-0.4, -0.2) is 23.5 Å². The monoisotopic (exact) mass is 301 g/mol. The number of hydrogen-bond acceptors (Lipinski definition) is 2. The van der Waals surface area contributed by atoms with Crippen molar-refractivity contribution in [3.63, 3.8) is 0 Å². The highest BCUT2D eigenvalue weighted by molar-refractivity contribution is 5.75. The number of amides is 2. The maximum absolute atomic E-state index is 13.8. The van der Waals surface area contributed by atoms with E-state index in [1.807, 2.05) is 11.0 Å². The Kier molecular flexibility index (Phi) is 4.28. The smallest absolute Gasteiger partial charge is 0.317 e. The summed E-state index contributed by atoms with van der Waals surface area (Å²) in [6.07, 6.45) is 5.85. The molecule has 1 N–H and O–H groups in total. The fourth-order valence-electron chi connectivity index (χ4n) is 3.39. The van der Waals surface area contributed by atoms with Gasteiger partial charge in [0.15, 0.2) is 0 Å². The lowest BCUT2D eigenvalue weighted by molar-refractivity contribution is 0.139. The van der Waals surface area contributed by atoms with Gasteiger partial charge in [-0.25, -0.2) is 9.18 Å². The first-order valence-corrected chi connectivity index (χ1v) is 7.92. The minimum absolute atomic E-state index is 0.0989. The molecule has 1 aromatic rings. The van der Waals surface area contributed by atoms with Crippen LogP contribution in [0.25, 0.3) is 0 Å². The average molecular weight is 301 g/mol. The molecule has 0 bridgehead atoms. The number of benzene rings is 1. The van der Waals surface area contributed by atoms with Crippen LogP contribution in [0.1, 0.15) is 43.2 Å². The van der Waals surface area contributed by atoms with Crippen LogP contribution in [0.3, 0.4) is 0 Å². The van der Waals surface area contributed by atoms with E-state index in [9.17, 15) is 9.18 Å². The van der Waals surface area contributed by atoms with Gasteiger partial charge in [0.25, 0.3) is 0 Å². The predicted molar refractivity (Wildman–Crippen MR) is 80.4 cm³/mol. The molecular weight excluding hydrogens is 281 g/mol. The van der Waals surface area contributed by atoms with Crippen molar-refractivity contribution in [2.75, 3.05) is 6.54 Å². The third-order valence-electron chi connectivity index (χ3n) is 4.87. The molecule has 2 amide bonds. The van der Waals surface area contributed by atoms with Crippen molar-refractivity contribution in [2.45, 2.75) is 44.7 Å². The Balaban J connectivity index is 1.59. The molecule has 1 aliphatic heterocycles. The fraction of sp³-hybridized carbons (Fsp3) is 0.529. The number of halogens is 1. The quantitative estimate of drug-likeness (QED) is 0.932. The van der Waals surface area contributed by atoms with Crippen LogP contribution in [0.5, 0.6) is 0 Å².